The molecule has 1 amide bonds. The van der Waals surface area contributed by atoms with Crippen molar-refractivity contribution in [3.05, 3.63) is 63.2 Å². The molecule has 0 unspecified atom stereocenters. The van der Waals surface area contributed by atoms with Crippen molar-refractivity contribution in [3.63, 3.8) is 0 Å². The van der Waals surface area contributed by atoms with E-state index in [1.165, 1.54) is 7.11 Å². The minimum Gasteiger partial charge on any atom is -0.493 e. The first-order valence-electron chi connectivity index (χ1n) is 8.46. The highest BCUT2D eigenvalue weighted by molar-refractivity contribution is 5.98. The number of benzene rings is 2. The van der Waals surface area contributed by atoms with Crippen molar-refractivity contribution >= 4 is 17.6 Å². The zero-order valence-corrected chi connectivity index (χ0v) is 15.4. The van der Waals surface area contributed by atoms with Gasteiger partial charge >= 0.3 is 5.97 Å². The van der Waals surface area contributed by atoms with E-state index in [1.807, 2.05) is 6.92 Å². The van der Waals surface area contributed by atoms with E-state index in [9.17, 15) is 19.7 Å². The summed E-state index contributed by atoms with van der Waals surface area (Å²) in [5.74, 6) is -0.880. The highest BCUT2D eigenvalue weighted by Crippen LogP contribution is 2.28. The van der Waals surface area contributed by atoms with Gasteiger partial charge in [0.25, 0.3) is 11.6 Å². The van der Waals surface area contributed by atoms with Crippen LogP contribution in [0.2, 0.25) is 0 Å². The number of methoxy groups -OCH3 is 1. The third-order valence-corrected chi connectivity index (χ3v) is 3.78. The summed E-state index contributed by atoms with van der Waals surface area (Å²) in [6, 6.07) is 8.22. The maximum Gasteiger partial charge on any atom is 0.335 e. The number of aromatic carboxylic acids is 1. The van der Waals surface area contributed by atoms with Gasteiger partial charge in [-0.3, -0.25) is 14.9 Å². The summed E-state index contributed by atoms with van der Waals surface area (Å²) < 4.78 is 10.8. The third kappa shape index (κ3) is 5.19. The van der Waals surface area contributed by atoms with Crippen molar-refractivity contribution in [3.8, 4) is 11.5 Å². The highest BCUT2D eigenvalue weighted by atomic mass is 16.6. The molecule has 28 heavy (non-hydrogen) atoms. The topological polar surface area (TPSA) is 128 Å². The number of hydrogen-bond donors (Lipinski definition) is 2. The number of ether oxygens (including phenoxy) is 2. The molecular weight excluding hydrogens is 368 g/mol. The van der Waals surface area contributed by atoms with E-state index in [2.05, 4.69) is 5.32 Å². The van der Waals surface area contributed by atoms with Crippen LogP contribution < -0.4 is 14.8 Å². The van der Waals surface area contributed by atoms with Crippen LogP contribution in [0.25, 0.3) is 0 Å². The van der Waals surface area contributed by atoms with Crippen LogP contribution in [0.1, 0.15) is 39.6 Å². The Balaban J connectivity index is 2.15. The second kappa shape index (κ2) is 9.36. The SMILES string of the molecule is CCCOc1ccc(CNC(=O)c2cc(C(=O)O)cc([N+](=O)[O-])c2)cc1OC. The number of hydrogen-bond acceptors (Lipinski definition) is 6. The molecule has 9 nitrogen and oxygen atoms in total. The number of carboxylic acid groups (broad SMARTS) is 1. The van der Waals surface area contributed by atoms with Gasteiger partial charge in [-0.1, -0.05) is 13.0 Å². The maximum absolute atomic E-state index is 12.3. The van der Waals surface area contributed by atoms with Gasteiger partial charge in [0.15, 0.2) is 11.5 Å². The molecular formula is C19H20N2O7. The molecule has 0 spiro atoms. The zero-order valence-electron chi connectivity index (χ0n) is 15.4. The number of carbonyl (C=O) groups is 2. The molecule has 2 aromatic rings. The number of nitro benzene ring substituents is 1. The minimum absolute atomic E-state index is 0.110. The average molecular weight is 388 g/mol. The lowest BCUT2D eigenvalue weighted by Gasteiger charge is -2.12. The van der Waals surface area contributed by atoms with Gasteiger partial charge in [-0.15, -0.1) is 0 Å². The molecule has 0 saturated carbocycles. The van der Waals surface area contributed by atoms with Crippen LogP contribution in [0.3, 0.4) is 0 Å². The number of nitrogens with one attached hydrogen (secondary N) is 1. The molecule has 0 saturated heterocycles. The summed E-state index contributed by atoms with van der Waals surface area (Å²) in [6.45, 7) is 2.65. The first kappa shape index (κ1) is 20.7. The lowest BCUT2D eigenvalue weighted by Crippen LogP contribution is -2.23. The number of nitro groups is 1. The number of rotatable bonds is 9. The normalized spacial score (nSPS) is 10.2. The lowest BCUT2D eigenvalue weighted by molar-refractivity contribution is -0.384. The number of non-ortho nitro benzene ring substituents is 1. The number of amides is 1. The van der Waals surface area contributed by atoms with Crippen molar-refractivity contribution in [2.24, 2.45) is 0 Å². The first-order chi connectivity index (χ1) is 13.3. The molecule has 0 aromatic heterocycles. The maximum atomic E-state index is 12.3. The molecule has 0 atom stereocenters. The van der Waals surface area contributed by atoms with Crippen molar-refractivity contribution in [2.75, 3.05) is 13.7 Å². The van der Waals surface area contributed by atoms with Crippen LogP contribution in [-0.4, -0.2) is 35.6 Å². The first-order valence-corrected chi connectivity index (χ1v) is 8.46. The van der Waals surface area contributed by atoms with Gasteiger partial charge in [0, 0.05) is 24.2 Å². The van der Waals surface area contributed by atoms with E-state index in [4.69, 9.17) is 14.6 Å². The quantitative estimate of drug-likeness (QED) is 0.499. The summed E-state index contributed by atoms with van der Waals surface area (Å²) in [5, 5.41) is 22.6. The highest BCUT2D eigenvalue weighted by Gasteiger charge is 2.17. The summed E-state index contributed by atoms with van der Waals surface area (Å²) in [5.41, 5.74) is -0.193. The van der Waals surface area contributed by atoms with Gasteiger partial charge in [0.05, 0.1) is 24.2 Å². The van der Waals surface area contributed by atoms with E-state index in [0.29, 0.717) is 18.1 Å². The van der Waals surface area contributed by atoms with E-state index >= 15 is 0 Å². The molecule has 2 rings (SSSR count). The second-order valence-corrected chi connectivity index (χ2v) is 5.85. The van der Waals surface area contributed by atoms with E-state index in [-0.39, 0.29) is 17.7 Å². The van der Waals surface area contributed by atoms with Gasteiger partial charge in [0.1, 0.15) is 0 Å². The Kier molecular flexibility index (Phi) is 6.91. The molecule has 2 N–H and O–H groups in total. The number of carbonyl (C=O) groups excluding carboxylic acids is 1. The van der Waals surface area contributed by atoms with Crippen molar-refractivity contribution in [1.29, 1.82) is 0 Å². The molecule has 0 aliphatic rings. The Labute approximate surface area is 161 Å². The molecule has 0 heterocycles. The van der Waals surface area contributed by atoms with Gasteiger partial charge in [-0.05, 0) is 30.2 Å². The summed E-state index contributed by atoms with van der Waals surface area (Å²) in [4.78, 5) is 33.7. The van der Waals surface area contributed by atoms with Crippen molar-refractivity contribution in [1.82, 2.24) is 5.32 Å². The molecule has 148 valence electrons. The lowest BCUT2D eigenvalue weighted by atomic mass is 10.1. The fourth-order valence-corrected chi connectivity index (χ4v) is 2.41. The van der Waals surface area contributed by atoms with E-state index in [1.54, 1.807) is 18.2 Å². The zero-order chi connectivity index (χ0) is 20.7. The van der Waals surface area contributed by atoms with Crippen molar-refractivity contribution < 1.29 is 29.1 Å². The Morgan fingerprint density at radius 2 is 1.86 bits per heavy atom. The molecule has 2 aromatic carbocycles. The number of nitrogens with zero attached hydrogens (tertiary/aromatic N) is 1. The van der Waals surface area contributed by atoms with Crippen LogP contribution >= 0.6 is 0 Å². The van der Waals surface area contributed by atoms with Crippen LogP contribution in [0.5, 0.6) is 11.5 Å². The van der Waals surface area contributed by atoms with Gasteiger partial charge < -0.3 is 19.9 Å². The summed E-state index contributed by atoms with van der Waals surface area (Å²) in [6.07, 6.45) is 0.850. The molecule has 0 fully saturated rings. The van der Waals surface area contributed by atoms with Gasteiger partial charge in [0.2, 0.25) is 0 Å². The minimum atomic E-state index is -1.36. The molecule has 0 bridgehead atoms. The van der Waals surface area contributed by atoms with Gasteiger partial charge in [-0.25, -0.2) is 4.79 Å². The standard InChI is InChI=1S/C19H20N2O7/c1-3-6-28-16-5-4-12(7-17(16)27-2)11-20-18(22)13-8-14(19(23)24)10-15(9-13)21(25)26/h4-5,7-10H,3,6,11H2,1-2H3,(H,20,22)(H,23,24). The third-order valence-electron chi connectivity index (χ3n) is 3.78. The van der Waals surface area contributed by atoms with Crippen LogP contribution in [0.4, 0.5) is 5.69 Å². The molecule has 0 aliphatic carbocycles. The molecule has 0 aliphatic heterocycles. The van der Waals surface area contributed by atoms with E-state index < -0.39 is 22.5 Å². The Hall–Kier alpha value is -3.62. The summed E-state index contributed by atoms with van der Waals surface area (Å²) in [7, 11) is 1.51. The number of carboxylic acids is 1. The monoisotopic (exact) mass is 388 g/mol. The van der Waals surface area contributed by atoms with Gasteiger partial charge in [-0.2, -0.15) is 0 Å². The van der Waals surface area contributed by atoms with Crippen LogP contribution in [0.15, 0.2) is 36.4 Å². The largest absolute Gasteiger partial charge is 0.493 e. The summed E-state index contributed by atoms with van der Waals surface area (Å²) >= 11 is 0. The van der Waals surface area contributed by atoms with Crippen LogP contribution in [0, 0.1) is 10.1 Å². The predicted octanol–water partition coefficient (Wildman–Crippen LogP) is 3.02. The Morgan fingerprint density at radius 1 is 1.14 bits per heavy atom. The van der Waals surface area contributed by atoms with Crippen molar-refractivity contribution in [2.45, 2.75) is 19.9 Å². The predicted molar refractivity (Wildman–Crippen MR) is 100 cm³/mol. The fourth-order valence-electron chi connectivity index (χ4n) is 2.41. The molecule has 9 heteroatoms. The second-order valence-electron chi connectivity index (χ2n) is 5.85. The Morgan fingerprint density at radius 3 is 2.46 bits per heavy atom. The Bertz CT molecular complexity index is 864. The smallest absolute Gasteiger partial charge is 0.335 e. The average Bonchev–Trinajstić information content (AvgIpc) is 2.70. The molecule has 0 radical (unpaired) electrons. The van der Waals surface area contributed by atoms with E-state index in [0.717, 1.165) is 30.2 Å². The fraction of sp³-hybridized carbons (Fsp3) is 0.263. The van der Waals surface area contributed by atoms with Crippen LogP contribution in [-0.2, 0) is 6.54 Å².